The van der Waals surface area contributed by atoms with Crippen LogP contribution < -0.4 is 29.7 Å². The van der Waals surface area contributed by atoms with Crippen molar-refractivity contribution in [1.29, 1.82) is 0 Å². The molecule has 0 atom stereocenters. The molecular formula is C25H22BrN3O7. The van der Waals surface area contributed by atoms with Gasteiger partial charge in [-0.05, 0) is 64.0 Å². The van der Waals surface area contributed by atoms with Gasteiger partial charge in [0, 0.05) is 10.5 Å². The summed E-state index contributed by atoms with van der Waals surface area (Å²) in [6.07, 6.45) is 1.31. The summed E-state index contributed by atoms with van der Waals surface area (Å²) in [6.45, 7) is 0. The smallest absolute Gasteiger partial charge is 0.344 e. The Bertz CT molecular complexity index is 1310. The predicted octanol–water partition coefficient (Wildman–Crippen LogP) is 3.78. The van der Waals surface area contributed by atoms with Gasteiger partial charge in [0.05, 0.1) is 38.8 Å². The summed E-state index contributed by atoms with van der Waals surface area (Å²) in [6, 6.07) is 16.3. The number of carbonyl (C=O) groups is 3. The van der Waals surface area contributed by atoms with Gasteiger partial charge in [0.1, 0.15) is 11.5 Å². The number of nitrogens with zero attached hydrogens (tertiary/aromatic N) is 1. The molecule has 0 aliphatic heterocycles. The van der Waals surface area contributed by atoms with Crippen molar-refractivity contribution in [3.63, 3.8) is 0 Å². The quantitative estimate of drug-likeness (QED) is 0.142. The number of hydrazone groups is 1. The van der Waals surface area contributed by atoms with E-state index in [0.717, 1.165) is 0 Å². The number of benzene rings is 3. The maximum absolute atomic E-state index is 12.5. The molecule has 2 N–H and O–H groups in total. The zero-order chi connectivity index (χ0) is 26.1. The fourth-order valence-corrected chi connectivity index (χ4v) is 3.37. The maximum atomic E-state index is 12.5. The lowest BCUT2D eigenvalue weighted by molar-refractivity contribution is -0.136. The Hall–Kier alpha value is -4.38. The maximum Gasteiger partial charge on any atom is 0.344 e. The SMILES string of the molecule is COc1ccc(NC(=O)C(=O)N/N=C/c2ccc(OC(=O)c3ccccc3Br)c(OC)c2)c(OC)c1. The Kier molecular flexibility index (Phi) is 9.01. The van der Waals surface area contributed by atoms with E-state index < -0.39 is 17.8 Å². The van der Waals surface area contributed by atoms with Gasteiger partial charge in [0.25, 0.3) is 0 Å². The zero-order valence-electron chi connectivity index (χ0n) is 19.5. The van der Waals surface area contributed by atoms with Crippen LogP contribution in [0, 0.1) is 0 Å². The van der Waals surface area contributed by atoms with Crippen LogP contribution in [0.5, 0.6) is 23.0 Å². The van der Waals surface area contributed by atoms with Crippen molar-refractivity contribution in [1.82, 2.24) is 5.43 Å². The molecule has 0 aromatic heterocycles. The fraction of sp³-hybridized carbons (Fsp3) is 0.120. The lowest BCUT2D eigenvalue weighted by Crippen LogP contribution is -2.32. The minimum Gasteiger partial charge on any atom is -0.497 e. The van der Waals surface area contributed by atoms with Gasteiger partial charge in [0.15, 0.2) is 11.5 Å². The minimum atomic E-state index is -0.991. The van der Waals surface area contributed by atoms with Gasteiger partial charge in [-0.1, -0.05) is 12.1 Å². The van der Waals surface area contributed by atoms with E-state index in [2.05, 4.69) is 31.8 Å². The largest absolute Gasteiger partial charge is 0.497 e. The van der Waals surface area contributed by atoms with Crippen LogP contribution in [0.25, 0.3) is 0 Å². The fourth-order valence-electron chi connectivity index (χ4n) is 2.93. The number of hydrogen-bond acceptors (Lipinski definition) is 8. The molecule has 0 heterocycles. The summed E-state index contributed by atoms with van der Waals surface area (Å²) in [5.74, 6) is -1.16. The van der Waals surface area contributed by atoms with Crippen LogP contribution in [-0.2, 0) is 9.59 Å². The second-order valence-electron chi connectivity index (χ2n) is 7.00. The molecule has 3 rings (SSSR count). The van der Waals surface area contributed by atoms with Gasteiger partial charge >= 0.3 is 17.8 Å². The molecule has 0 bridgehead atoms. The molecule has 186 valence electrons. The molecule has 0 unspecified atom stereocenters. The monoisotopic (exact) mass is 555 g/mol. The highest BCUT2D eigenvalue weighted by Crippen LogP contribution is 2.30. The molecule has 0 aliphatic carbocycles. The Morgan fingerprint density at radius 3 is 2.28 bits per heavy atom. The summed E-state index contributed by atoms with van der Waals surface area (Å²) < 4.78 is 21.6. The number of amides is 2. The van der Waals surface area contributed by atoms with E-state index in [1.165, 1.54) is 33.6 Å². The van der Waals surface area contributed by atoms with E-state index in [0.29, 0.717) is 32.8 Å². The van der Waals surface area contributed by atoms with Gasteiger partial charge in [-0.2, -0.15) is 5.10 Å². The first kappa shape index (κ1) is 26.2. The minimum absolute atomic E-state index is 0.201. The number of anilines is 1. The molecule has 2 amide bonds. The summed E-state index contributed by atoms with van der Waals surface area (Å²) >= 11 is 3.32. The highest BCUT2D eigenvalue weighted by atomic mass is 79.9. The highest BCUT2D eigenvalue weighted by molar-refractivity contribution is 9.10. The van der Waals surface area contributed by atoms with Gasteiger partial charge in [0.2, 0.25) is 0 Å². The molecule has 36 heavy (non-hydrogen) atoms. The molecule has 0 spiro atoms. The molecule has 0 fully saturated rings. The second-order valence-corrected chi connectivity index (χ2v) is 7.85. The Morgan fingerprint density at radius 1 is 0.833 bits per heavy atom. The van der Waals surface area contributed by atoms with E-state index >= 15 is 0 Å². The molecule has 0 saturated heterocycles. The number of carbonyl (C=O) groups excluding carboxylic acids is 3. The molecular weight excluding hydrogens is 534 g/mol. The number of halogens is 1. The highest BCUT2D eigenvalue weighted by Gasteiger charge is 2.17. The van der Waals surface area contributed by atoms with Crippen LogP contribution in [0.3, 0.4) is 0 Å². The molecule has 0 saturated carbocycles. The Labute approximate surface area is 215 Å². The van der Waals surface area contributed by atoms with E-state index in [-0.39, 0.29) is 11.5 Å². The van der Waals surface area contributed by atoms with Crippen LogP contribution in [0.2, 0.25) is 0 Å². The average Bonchev–Trinajstić information content (AvgIpc) is 2.89. The third-order valence-electron chi connectivity index (χ3n) is 4.73. The normalized spacial score (nSPS) is 10.4. The first-order valence-electron chi connectivity index (χ1n) is 10.4. The molecule has 11 heteroatoms. The molecule has 10 nitrogen and oxygen atoms in total. The van der Waals surface area contributed by atoms with E-state index in [1.807, 2.05) is 0 Å². The van der Waals surface area contributed by atoms with Crippen LogP contribution in [0.4, 0.5) is 5.69 Å². The van der Waals surface area contributed by atoms with Gasteiger partial charge < -0.3 is 24.3 Å². The number of esters is 1. The Balaban J connectivity index is 1.62. The average molecular weight is 556 g/mol. The van der Waals surface area contributed by atoms with Crippen LogP contribution in [0.15, 0.2) is 70.2 Å². The third kappa shape index (κ3) is 6.60. The van der Waals surface area contributed by atoms with Crippen molar-refractivity contribution in [2.75, 3.05) is 26.6 Å². The first-order valence-corrected chi connectivity index (χ1v) is 11.2. The standard InChI is InChI=1S/C25H22BrN3O7/c1-33-16-9-10-19(21(13-16)34-2)28-23(30)24(31)29-27-14-15-8-11-20(22(12-15)35-3)36-25(32)17-6-4-5-7-18(17)26/h4-14H,1-3H3,(H,28,30)(H,29,31)/b27-14+. The lowest BCUT2D eigenvalue weighted by Gasteiger charge is -2.11. The van der Waals surface area contributed by atoms with Gasteiger partial charge in [-0.3, -0.25) is 9.59 Å². The van der Waals surface area contributed by atoms with Crippen molar-refractivity contribution in [2.24, 2.45) is 5.10 Å². The Morgan fingerprint density at radius 2 is 1.58 bits per heavy atom. The van der Waals surface area contributed by atoms with Crippen LogP contribution >= 0.6 is 15.9 Å². The number of rotatable bonds is 8. The van der Waals surface area contributed by atoms with E-state index in [1.54, 1.807) is 54.6 Å². The van der Waals surface area contributed by atoms with Gasteiger partial charge in [-0.25, -0.2) is 10.2 Å². The van der Waals surface area contributed by atoms with E-state index in [4.69, 9.17) is 18.9 Å². The number of nitrogens with one attached hydrogen (secondary N) is 2. The molecule has 0 radical (unpaired) electrons. The van der Waals surface area contributed by atoms with Crippen LogP contribution in [-0.4, -0.2) is 45.3 Å². The summed E-state index contributed by atoms with van der Waals surface area (Å²) in [5, 5.41) is 6.24. The van der Waals surface area contributed by atoms with Crippen LogP contribution in [0.1, 0.15) is 15.9 Å². The van der Waals surface area contributed by atoms with Crippen molar-refractivity contribution >= 4 is 45.6 Å². The topological polar surface area (TPSA) is 125 Å². The third-order valence-corrected chi connectivity index (χ3v) is 5.42. The zero-order valence-corrected chi connectivity index (χ0v) is 21.1. The lowest BCUT2D eigenvalue weighted by atomic mass is 10.2. The second kappa shape index (κ2) is 12.4. The summed E-state index contributed by atoms with van der Waals surface area (Å²) in [7, 11) is 4.35. The van der Waals surface area contributed by atoms with Crippen molar-refractivity contribution in [3.8, 4) is 23.0 Å². The molecule has 3 aromatic rings. The number of hydrogen-bond donors (Lipinski definition) is 2. The van der Waals surface area contributed by atoms with E-state index in [9.17, 15) is 14.4 Å². The number of ether oxygens (including phenoxy) is 4. The predicted molar refractivity (Wildman–Crippen MR) is 136 cm³/mol. The number of methoxy groups -OCH3 is 3. The molecule has 0 aliphatic rings. The first-order chi connectivity index (χ1) is 17.4. The summed E-state index contributed by atoms with van der Waals surface area (Å²) in [5.41, 5.74) is 3.31. The van der Waals surface area contributed by atoms with Crippen molar-refractivity contribution in [2.45, 2.75) is 0 Å². The van der Waals surface area contributed by atoms with Gasteiger partial charge in [-0.15, -0.1) is 0 Å². The molecule has 3 aromatic carbocycles. The van der Waals surface area contributed by atoms with Crippen molar-refractivity contribution < 1.29 is 33.3 Å². The summed E-state index contributed by atoms with van der Waals surface area (Å²) in [4.78, 5) is 36.8. The van der Waals surface area contributed by atoms with Crippen molar-refractivity contribution in [3.05, 3.63) is 76.3 Å².